The molecule has 8 heteroatoms. The molecule has 4 aromatic rings. The van der Waals surface area contributed by atoms with Crippen LogP contribution in [0.15, 0.2) is 73.3 Å². The molecule has 0 saturated heterocycles. The highest BCUT2D eigenvalue weighted by atomic mass is 35.5. The summed E-state index contributed by atoms with van der Waals surface area (Å²) in [5.74, 6) is 1.01. The molecule has 0 radical (unpaired) electrons. The van der Waals surface area contributed by atoms with Crippen molar-refractivity contribution >= 4 is 17.5 Å². The molecule has 7 nitrogen and oxygen atoms in total. The number of carbonyl (C=O) groups excluding carboxylic acids is 1. The Morgan fingerprint density at radius 3 is 2.66 bits per heavy atom. The fourth-order valence-corrected chi connectivity index (χ4v) is 4.94. The predicted molar refractivity (Wildman–Crippen MR) is 147 cm³/mol. The molecule has 1 unspecified atom stereocenters. The van der Waals surface area contributed by atoms with Gasteiger partial charge in [-0.15, -0.1) is 0 Å². The third-order valence-electron chi connectivity index (χ3n) is 6.53. The van der Waals surface area contributed by atoms with E-state index in [0.717, 1.165) is 16.7 Å². The van der Waals surface area contributed by atoms with Crippen molar-refractivity contribution in [3.63, 3.8) is 0 Å². The van der Waals surface area contributed by atoms with Crippen LogP contribution in [-0.2, 0) is 6.54 Å². The van der Waals surface area contributed by atoms with Gasteiger partial charge in [0, 0.05) is 22.7 Å². The largest absolute Gasteiger partial charge is 0.507 e. The van der Waals surface area contributed by atoms with Gasteiger partial charge in [-0.2, -0.15) is 5.10 Å². The van der Waals surface area contributed by atoms with Gasteiger partial charge in [-0.05, 0) is 54.8 Å². The quantitative estimate of drug-likeness (QED) is 0.243. The zero-order valence-electron chi connectivity index (χ0n) is 21.2. The highest BCUT2D eigenvalue weighted by Crippen LogP contribution is 2.47. The van der Waals surface area contributed by atoms with Crippen molar-refractivity contribution in [2.75, 3.05) is 13.2 Å². The zero-order valence-corrected chi connectivity index (χ0v) is 22.0. The Morgan fingerprint density at radius 1 is 1.13 bits per heavy atom. The number of aromatic nitrogens is 2. The minimum absolute atomic E-state index is 0.0390. The molecule has 0 fully saturated rings. The van der Waals surface area contributed by atoms with Gasteiger partial charge >= 0.3 is 0 Å². The number of ether oxygens (including phenoxy) is 2. The van der Waals surface area contributed by atoms with E-state index in [1.807, 2.05) is 62.4 Å². The van der Waals surface area contributed by atoms with Crippen molar-refractivity contribution in [3.8, 4) is 28.5 Å². The first-order valence-corrected chi connectivity index (χ1v) is 12.7. The second-order valence-electron chi connectivity index (χ2n) is 9.04. The monoisotopic (exact) mass is 529 g/mol. The molecule has 3 aromatic carbocycles. The van der Waals surface area contributed by atoms with Crippen molar-refractivity contribution in [1.29, 1.82) is 0 Å². The molecule has 0 spiro atoms. The second-order valence-corrected chi connectivity index (χ2v) is 9.45. The number of fused-ring (bicyclic) bond motifs is 1. The average molecular weight is 530 g/mol. The second kappa shape index (κ2) is 10.6. The molecule has 2 heterocycles. The minimum atomic E-state index is -0.501. The first-order valence-electron chi connectivity index (χ1n) is 12.4. The standard InChI is InChI=1S/C30H28ClN3O4/c1-4-13-38-24-12-11-20(15-25(24)37-5-2)29-26-27(21-16-22(31)18(3)14-23(21)35)32-33-28(26)30(36)34(29)17-19-9-7-6-8-10-19/h4,6-12,14-16,29,35H,1,5,13,17H2,2-3H3,(H,32,33). The highest BCUT2D eigenvalue weighted by Gasteiger charge is 2.43. The molecule has 194 valence electrons. The molecule has 0 aliphatic carbocycles. The van der Waals surface area contributed by atoms with Gasteiger partial charge in [0.25, 0.3) is 5.91 Å². The van der Waals surface area contributed by atoms with Crippen molar-refractivity contribution in [2.24, 2.45) is 0 Å². The van der Waals surface area contributed by atoms with E-state index in [9.17, 15) is 9.90 Å². The summed E-state index contributed by atoms with van der Waals surface area (Å²) in [4.78, 5) is 15.5. The van der Waals surface area contributed by atoms with Crippen LogP contribution in [0, 0.1) is 6.92 Å². The number of phenols is 1. The Morgan fingerprint density at radius 2 is 1.92 bits per heavy atom. The topological polar surface area (TPSA) is 87.7 Å². The lowest BCUT2D eigenvalue weighted by atomic mass is 9.94. The first-order chi connectivity index (χ1) is 18.4. The third kappa shape index (κ3) is 4.61. The smallest absolute Gasteiger partial charge is 0.273 e. The summed E-state index contributed by atoms with van der Waals surface area (Å²) < 4.78 is 11.7. The normalized spacial score (nSPS) is 14.4. The van der Waals surface area contributed by atoms with E-state index in [1.54, 1.807) is 23.1 Å². The van der Waals surface area contributed by atoms with Crippen LogP contribution in [0.1, 0.15) is 45.7 Å². The van der Waals surface area contributed by atoms with E-state index in [1.165, 1.54) is 0 Å². The van der Waals surface area contributed by atoms with E-state index in [-0.39, 0.29) is 11.7 Å². The van der Waals surface area contributed by atoms with Crippen LogP contribution in [0.2, 0.25) is 5.02 Å². The number of H-pyrrole nitrogens is 1. The van der Waals surface area contributed by atoms with Crippen molar-refractivity contribution in [1.82, 2.24) is 15.1 Å². The lowest BCUT2D eigenvalue weighted by Crippen LogP contribution is -2.29. The molecule has 38 heavy (non-hydrogen) atoms. The van der Waals surface area contributed by atoms with Gasteiger partial charge in [0.2, 0.25) is 0 Å². The number of rotatable bonds is 9. The number of nitrogens with zero attached hydrogens (tertiary/aromatic N) is 2. The molecule has 2 N–H and O–H groups in total. The van der Waals surface area contributed by atoms with Crippen LogP contribution >= 0.6 is 11.6 Å². The van der Waals surface area contributed by atoms with Gasteiger partial charge in [0.05, 0.1) is 12.6 Å². The number of phenolic OH excluding ortho intramolecular Hbond substituents is 1. The molecule has 1 aliphatic heterocycles. The Kier molecular flexibility index (Phi) is 7.11. The lowest BCUT2D eigenvalue weighted by molar-refractivity contribution is 0.0729. The molecule has 5 rings (SSSR count). The highest BCUT2D eigenvalue weighted by molar-refractivity contribution is 6.31. The maximum atomic E-state index is 13.8. The molecule has 1 aliphatic rings. The Hall–Kier alpha value is -4.23. The van der Waals surface area contributed by atoms with Crippen LogP contribution in [0.4, 0.5) is 0 Å². The maximum absolute atomic E-state index is 13.8. The van der Waals surface area contributed by atoms with Crippen LogP contribution in [-0.4, -0.2) is 39.3 Å². The van der Waals surface area contributed by atoms with Gasteiger partial charge in [-0.3, -0.25) is 9.89 Å². The van der Waals surface area contributed by atoms with E-state index in [0.29, 0.717) is 58.8 Å². The molecular weight excluding hydrogens is 502 g/mol. The average Bonchev–Trinajstić information content (AvgIpc) is 3.45. The zero-order chi connectivity index (χ0) is 26.8. The Balaban J connectivity index is 1.67. The number of aromatic hydroxyl groups is 1. The van der Waals surface area contributed by atoms with E-state index < -0.39 is 6.04 Å². The number of aromatic amines is 1. The maximum Gasteiger partial charge on any atom is 0.273 e. The van der Waals surface area contributed by atoms with Crippen LogP contribution in [0.25, 0.3) is 11.3 Å². The lowest BCUT2D eigenvalue weighted by Gasteiger charge is -2.27. The summed E-state index contributed by atoms with van der Waals surface area (Å²) >= 11 is 6.42. The third-order valence-corrected chi connectivity index (χ3v) is 6.94. The van der Waals surface area contributed by atoms with Crippen LogP contribution in [0.5, 0.6) is 17.2 Å². The van der Waals surface area contributed by atoms with Crippen LogP contribution in [0.3, 0.4) is 0 Å². The summed E-state index contributed by atoms with van der Waals surface area (Å²) in [6.07, 6.45) is 1.67. The summed E-state index contributed by atoms with van der Waals surface area (Å²) in [6.45, 7) is 8.61. The molecule has 1 amide bonds. The summed E-state index contributed by atoms with van der Waals surface area (Å²) in [6, 6.07) is 18.2. The molecule has 1 atom stereocenters. The Labute approximate surface area is 226 Å². The fourth-order valence-electron chi connectivity index (χ4n) is 4.78. The van der Waals surface area contributed by atoms with Crippen LogP contribution < -0.4 is 9.47 Å². The molecule has 0 saturated carbocycles. The van der Waals surface area contributed by atoms with E-state index in [4.69, 9.17) is 21.1 Å². The van der Waals surface area contributed by atoms with Gasteiger partial charge < -0.3 is 19.5 Å². The Bertz CT molecular complexity index is 1500. The molecule has 0 bridgehead atoms. The van der Waals surface area contributed by atoms with Crippen molar-refractivity contribution in [2.45, 2.75) is 26.4 Å². The van der Waals surface area contributed by atoms with Crippen molar-refractivity contribution < 1.29 is 19.4 Å². The SMILES string of the molecule is C=CCOc1ccc(C2c3c(-c4cc(Cl)c(C)cc4O)n[nH]c3C(=O)N2Cc2ccccc2)cc1OCC. The number of halogens is 1. The number of benzene rings is 3. The number of amides is 1. The predicted octanol–water partition coefficient (Wildman–Crippen LogP) is 6.45. The number of hydrogen-bond acceptors (Lipinski definition) is 5. The summed E-state index contributed by atoms with van der Waals surface area (Å²) in [7, 11) is 0. The van der Waals surface area contributed by atoms with E-state index in [2.05, 4.69) is 16.8 Å². The van der Waals surface area contributed by atoms with Crippen molar-refractivity contribution in [3.05, 3.63) is 106 Å². The van der Waals surface area contributed by atoms with Gasteiger partial charge in [0.15, 0.2) is 11.5 Å². The number of aryl methyl sites for hydroxylation is 1. The first kappa shape index (κ1) is 25.4. The number of carbonyl (C=O) groups is 1. The number of hydrogen-bond donors (Lipinski definition) is 2. The van der Waals surface area contributed by atoms with E-state index >= 15 is 0 Å². The van der Waals surface area contributed by atoms with Gasteiger partial charge in [-0.25, -0.2) is 0 Å². The molecular formula is C30H28ClN3O4. The molecule has 1 aromatic heterocycles. The summed E-state index contributed by atoms with van der Waals surface area (Å²) in [5, 5.41) is 18.7. The summed E-state index contributed by atoms with van der Waals surface area (Å²) in [5.41, 5.74) is 4.53. The fraction of sp³-hybridized carbons (Fsp3) is 0.200. The number of nitrogens with one attached hydrogen (secondary N) is 1. The van der Waals surface area contributed by atoms with Gasteiger partial charge in [0.1, 0.15) is 23.7 Å². The minimum Gasteiger partial charge on any atom is -0.507 e. The van der Waals surface area contributed by atoms with Gasteiger partial charge in [-0.1, -0.05) is 60.7 Å².